The highest BCUT2D eigenvalue weighted by Crippen LogP contribution is 2.49. The minimum atomic E-state index is -4.93. The molecule has 2 unspecified atom stereocenters. The molecule has 1 heterocycles. The lowest BCUT2D eigenvalue weighted by atomic mass is 9.73. The predicted octanol–water partition coefficient (Wildman–Crippen LogP) is -1.97. The molecule has 0 radical (unpaired) electrons. The summed E-state index contributed by atoms with van der Waals surface area (Å²) < 4.78 is 35.6. The monoisotopic (exact) mass is 376 g/mol. The zero-order chi connectivity index (χ0) is 18.5. The van der Waals surface area contributed by atoms with Gasteiger partial charge in [0.05, 0.1) is 11.5 Å². The van der Waals surface area contributed by atoms with Crippen LogP contribution in [0.15, 0.2) is 0 Å². The lowest BCUT2D eigenvalue weighted by Gasteiger charge is -2.36. The van der Waals surface area contributed by atoms with Crippen LogP contribution < -0.4 is 22.1 Å². The van der Waals surface area contributed by atoms with Gasteiger partial charge in [0.1, 0.15) is 0 Å². The van der Waals surface area contributed by atoms with Gasteiger partial charge in [-0.3, -0.25) is 19.9 Å². The second kappa shape index (κ2) is 6.25. The number of piperidine rings is 1. The van der Waals surface area contributed by atoms with Crippen LogP contribution in [0.3, 0.4) is 0 Å². The molecule has 4 atom stereocenters. The Bertz CT molecular complexity index is 679. The van der Waals surface area contributed by atoms with Crippen LogP contribution in [0, 0.1) is 11.8 Å². The SMILES string of the molecule is NC12C[C@@H](CC[C@@H]1C(=O)NC1CCNCC1)C(N)(OS(=O)(=O)O)C2=O. The number of amides is 1. The van der Waals surface area contributed by atoms with Gasteiger partial charge in [-0.05, 0) is 45.2 Å². The Morgan fingerprint density at radius 3 is 2.48 bits per heavy atom. The van der Waals surface area contributed by atoms with Gasteiger partial charge in [0, 0.05) is 12.0 Å². The van der Waals surface area contributed by atoms with Crippen molar-refractivity contribution in [3.63, 3.8) is 0 Å². The Morgan fingerprint density at radius 2 is 1.88 bits per heavy atom. The third-order valence-electron chi connectivity index (χ3n) is 5.64. The van der Waals surface area contributed by atoms with E-state index in [9.17, 15) is 18.0 Å². The minimum Gasteiger partial charge on any atom is -0.353 e. The zero-order valence-corrected chi connectivity index (χ0v) is 14.5. The molecule has 142 valence electrons. The first-order valence-corrected chi connectivity index (χ1v) is 9.74. The van der Waals surface area contributed by atoms with Gasteiger partial charge in [-0.15, -0.1) is 0 Å². The van der Waals surface area contributed by atoms with E-state index in [0.29, 0.717) is 12.8 Å². The molecule has 0 spiro atoms. The van der Waals surface area contributed by atoms with Crippen LogP contribution in [0.2, 0.25) is 0 Å². The van der Waals surface area contributed by atoms with E-state index in [0.717, 1.165) is 25.9 Å². The molecule has 1 saturated heterocycles. The zero-order valence-electron chi connectivity index (χ0n) is 13.7. The summed E-state index contributed by atoms with van der Waals surface area (Å²) in [4.78, 5) is 25.5. The number of ketones is 1. The van der Waals surface area contributed by atoms with Gasteiger partial charge in [-0.1, -0.05) is 0 Å². The van der Waals surface area contributed by atoms with Crippen LogP contribution in [-0.4, -0.2) is 55.1 Å². The van der Waals surface area contributed by atoms with Gasteiger partial charge in [0.25, 0.3) is 0 Å². The second-order valence-electron chi connectivity index (χ2n) is 7.24. The van der Waals surface area contributed by atoms with E-state index >= 15 is 0 Å². The number of hydrogen-bond acceptors (Lipinski definition) is 8. The maximum Gasteiger partial charge on any atom is 0.399 e. The fourth-order valence-electron chi connectivity index (χ4n) is 4.36. The Hall–Kier alpha value is -1.11. The van der Waals surface area contributed by atoms with Gasteiger partial charge in [0.2, 0.25) is 17.4 Å². The van der Waals surface area contributed by atoms with Crippen LogP contribution >= 0.6 is 0 Å². The van der Waals surface area contributed by atoms with Crippen molar-refractivity contribution in [2.45, 2.75) is 49.4 Å². The van der Waals surface area contributed by atoms with E-state index in [-0.39, 0.29) is 18.4 Å². The summed E-state index contributed by atoms with van der Waals surface area (Å²) in [5.41, 5.74) is 8.28. The molecule has 3 aliphatic rings. The lowest BCUT2D eigenvalue weighted by Crippen LogP contribution is -2.62. The first-order valence-electron chi connectivity index (χ1n) is 8.38. The van der Waals surface area contributed by atoms with Crippen molar-refractivity contribution in [2.24, 2.45) is 23.3 Å². The van der Waals surface area contributed by atoms with E-state index in [2.05, 4.69) is 14.8 Å². The molecule has 10 nitrogen and oxygen atoms in total. The van der Waals surface area contributed by atoms with Crippen LogP contribution in [0.5, 0.6) is 0 Å². The Kier molecular flexibility index (Phi) is 4.67. The highest BCUT2D eigenvalue weighted by molar-refractivity contribution is 7.81. The normalized spacial score (nSPS) is 39.4. The molecule has 1 aliphatic heterocycles. The molecular formula is C14H24N4O6S. The molecular weight excluding hydrogens is 352 g/mol. The third kappa shape index (κ3) is 3.32. The Labute approximate surface area is 146 Å². The number of nitrogens with one attached hydrogen (secondary N) is 2. The van der Waals surface area contributed by atoms with Gasteiger partial charge < -0.3 is 16.4 Å². The number of carbonyl (C=O) groups excluding carboxylic acids is 2. The van der Waals surface area contributed by atoms with Gasteiger partial charge in [-0.25, -0.2) is 4.18 Å². The van der Waals surface area contributed by atoms with E-state index in [1.54, 1.807) is 0 Å². The Balaban J connectivity index is 1.79. The molecule has 0 aromatic carbocycles. The first-order chi connectivity index (χ1) is 11.6. The molecule has 3 fully saturated rings. The Morgan fingerprint density at radius 1 is 1.24 bits per heavy atom. The van der Waals surface area contributed by atoms with Crippen molar-refractivity contribution in [1.82, 2.24) is 10.6 Å². The summed E-state index contributed by atoms with van der Waals surface area (Å²) in [6.45, 7) is 1.61. The average Bonchev–Trinajstić information content (AvgIpc) is 2.65. The number of Topliss-reactive ketones (excluding diaryl/α,β-unsaturated/α-hetero) is 1. The minimum absolute atomic E-state index is 0.0169. The fourth-order valence-corrected chi connectivity index (χ4v) is 4.92. The summed E-state index contributed by atoms with van der Waals surface area (Å²) in [5.74, 6) is -2.65. The third-order valence-corrected chi connectivity index (χ3v) is 6.13. The van der Waals surface area contributed by atoms with Crippen LogP contribution in [0.1, 0.15) is 32.1 Å². The molecule has 0 aromatic rings. The van der Waals surface area contributed by atoms with Crippen molar-refractivity contribution < 1.29 is 26.7 Å². The summed E-state index contributed by atoms with van der Waals surface area (Å²) in [6.07, 6.45) is 2.24. The van der Waals surface area contributed by atoms with Gasteiger partial charge >= 0.3 is 10.4 Å². The highest BCUT2D eigenvalue weighted by Gasteiger charge is 2.67. The van der Waals surface area contributed by atoms with Crippen LogP contribution in [0.25, 0.3) is 0 Å². The van der Waals surface area contributed by atoms with E-state index in [1.165, 1.54) is 0 Å². The molecule has 1 amide bonds. The van der Waals surface area contributed by atoms with Gasteiger partial charge in [0.15, 0.2) is 0 Å². The molecule has 2 aliphatic carbocycles. The standard InChI is InChI=1S/C14H24N4O6S/c15-13-7-8(14(16,12(13)20)24-25(21,22)23)1-2-10(13)11(19)18-9-3-5-17-6-4-9/h8-10,17H,1-7,15-16H2,(H,18,19)(H,21,22,23)/t8-,10-,13?,14?/m1/s1. The number of rotatable bonds is 4. The number of fused-ring (bicyclic) bond motifs is 2. The van der Waals surface area contributed by atoms with Crippen molar-refractivity contribution in [1.29, 1.82) is 0 Å². The van der Waals surface area contributed by atoms with E-state index in [1.807, 2.05) is 0 Å². The van der Waals surface area contributed by atoms with E-state index in [4.69, 9.17) is 16.0 Å². The molecule has 7 N–H and O–H groups in total. The number of nitrogens with two attached hydrogens (primary N) is 2. The molecule has 0 aromatic heterocycles. The summed E-state index contributed by atoms with van der Waals surface area (Å²) >= 11 is 0. The first kappa shape index (κ1) is 18.7. The molecule has 3 rings (SSSR count). The second-order valence-corrected chi connectivity index (χ2v) is 8.26. The topological polar surface area (TPSA) is 174 Å². The molecule has 25 heavy (non-hydrogen) atoms. The predicted molar refractivity (Wildman–Crippen MR) is 86.3 cm³/mol. The number of hydrogen-bond donors (Lipinski definition) is 5. The van der Waals surface area contributed by atoms with Crippen molar-refractivity contribution in [3.05, 3.63) is 0 Å². The molecule has 2 saturated carbocycles. The van der Waals surface area contributed by atoms with Crippen LogP contribution in [-0.2, 0) is 24.2 Å². The highest BCUT2D eigenvalue weighted by atomic mass is 32.3. The average molecular weight is 376 g/mol. The quantitative estimate of drug-likeness (QED) is 0.275. The van der Waals surface area contributed by atoms with Crippen LogP contribution in [0.4, 0.5) is 0 Å². The number of carbonyl (C=O) groups is 2. The maximum absolute atomic E-state index is 12.8. The van der Waals surface area contributed by atoms with Gasteiger partial charge in [-0.2, -0.15) is 8.42 Å². The van der Waals surface area contributed by atoms with Crippen molar-refractivity contribution in [3.8, 4) is 0 Å². The lowest BCUT2D eigenvalue weighted by molar-refractivity contribution is -0.140. The summed E-state index contributed by atoms with van der Waals surface area (Å²) in [6, 6.07) is 0.0169. The maximum atomic E-state index is 12.8. The molecule has 11 heteroatoms. The largest absolute Gasteiger partial charge is 0.399 e. The summed E-state index contributed by atoms with van der Waals surface area (Å²) in [7, 11) is -4.93. The fraction of sp³-hybridized carbons (Fsp3) is 0.857. The van der Waals surface area contributed by atoms with E-state index < -0.39 is 39.3 Å². The summed E-state index contributed by atoms with van der Waals surface area (Å²) in [5, 5.41) is 6.13. The van der Waals surface area contributed by atoms with Crippen molar-refractivity contribution in [2.75, 3.05) is 13.1 Å². The molecule has 2 bridgehead atoms. The van der Waals surface area contributed by atoms with Crippen molar-refractivity contribution >= 4 is 22.1 Å². The smallest absolute Gasteiger partial charge is 0.353 e.